The third-order valence-corrected chi connectivity index (χ3v) is 4.61. The Morgan fingerprint density at radius 1 is 1.41 bits per heavy atom. The molecule has 90 valence electrons. The van der Waals surface area contributed by atoms with E-state index in [1.54, 1.807) is 17.4 Å². The van der Waals surface area contributed by atoms with Gasteiger partial charge in [-0.2, -0.15) is 0 Å². The van der Waals surface area contributed by atoms with Crippen molar-refractivity contribution in [1.82, 2.24) is 4.98 Å². The normalized spacial score (nSPS) is 10.8. The maximum atomic E-state index is 13.3. The summed E-state index contributed by atoms with van der Waals surface area (Å²) in [6, 6.07) is 3.02. The maximum Gasteiger partial charge on any atom is 0.124 e. The molecule has 1 aromatic carbocycles. The second kappa shape index (κ2) is 5.59. The fourth-order valence-electron chi connectivity index (χ4n) is 1.61. The van der Waals surface area contributed by atoms with Gasteiger partial charge < -0.3 is 0 Å². The van der Waals surface area contributed by atoms with Crippen LogP contribution in [0, 0.1) is 5.82 Å². The number of aromatic nitrogens is 1. The van der Waals surface area contributed by atoms with Gasteiger partial charge in [0, 0.05) is 20.7 Å². The molecule has 0 fully saturated rings. The lowest BCUT2D eigenvalue weighted by Crippen LogP contribution is -1.91. The molecule has 0 bridgehead atoms. The first-order valence-corrected chi connectivity index (χ1v) is 7.93. The molecule has 0 amide bonds. The molecule has 17 heavy (non-hydrogen) atoms. The first-order chi connectivity index (χ1) is 8.15. The van der Waals surface area contributed by atoms with Crippen LogP contribution < -0.4 is 0 Å². The summed E-state index contributed by atoms with van der Waals surface area (Å²) in [5.74, 6) is -0.235. The topological polar surface area (TPSA) is 12.9 Å². The Hall–Kier alpha value is -0.260. The summed E-state index contributed by atoms with van der Waals surface area (Å²) in [5, 5.41) is 3.72. The largest absolute Gasteiger partial charge is 0.241 e. The van der Waals surface area contributed by atoms with Crippen LogP contribution in [0.5, 0.6) is 0 Å². The molecular weight excluding hydrogens is 369 g/mol. The molecule has 0 aliphatic carbocycles. The van der Waals surface area contributed by atoms with Crippen LogP contribution >= 0.6 is 43.2 Å². The van der Waals surface area contributed by atoms with Crippen molar-refractivity contribution in [3.8, 4) is 11.3 Å². The van der Waals surface area contributed by atoms with Crippen molar-refractivity contribution >= 4 is 43.2 Å². The number of halogens is 3. The Morgan fingerprint density at radius 2 is 2.18 bits per heavy atom. The number of aryl methyl sites for hydroxylation is 1. The van der Waals surface area contributed by atoms with E-state index in [9.17, 15) is 4.39 Å². The van der Waals surface area contributed by atoms with Crippen LogP contribution in [0.25, 0.3) is 11.3 Å². The van der Waals surface area contributed by atoms with Crippen molar-refractivity contribution in [3.63, 3.8) is 0 Å². The molecule has 0 aliphatic rings. The van der Waals surface area contributed by atoms with Crippen LogP contribution in [0.1, 0.15) is 17.5 Å². The molecule has 0 spiro atoms. The predicted octanol–water partition coefficient (Wildman–Crippen LogP) is 5.17. The smallest absolute Gasteiger partial charge is 0.124 e. The lowest BCUT2D eigenvalue weighted by molar-refractivity contribution is 0.626. The van der Waals surface area contributed by atoms with Crippen LogP contribution in [0.15, 0.2) is 22.0 Å². The number of thiazole rings is 1. The molecular formula is C12H10Br2FNS. The Labute approximate surface area is 120 Å². The Bertz CT molecular complexity index is 539. The predicted molar refractivity (Wildman–Crippen MR) is 77.2 cm³/mol. The Balaban J connectivity index is 2.57. The van der Waals surface area contributed by atoms with Gasteiger partial charge in [0.1, 0.15) is 5.82 Å². The van der Waals surface area contributed by atoms with Crippen LogP contribution in [0.2, 0.25) is 0 Å². The minimum absolute atomic E-state index is 0.235. The minimum Gasteiger partial charge on any atom is -0.241 e. The SMILES string of the molecule is CCc1nc(-c2c(Br)cc(F)cc2CBr)cs1. The molecule has 0 atom stereocenters. The number of rotatable bonds is 3. The molecule has 0 radical (unpaired) electrons. The molecule has 0 saturated carbocycles. The molecule has 1 nitrogen and oxygen atoms in total. The van der Waals surface area contributed by atoms with E-state index in [4.69, 9.17) is 0 Å². The van der Waals surface area contributed by atoms with E-state index in [-0.39, 0.29) is 5.82 Å². The summed E-state index contributed by atoms with van der Waals surface area (Å²) >= 11 is 8.43. The average molecular weight is 379 g/mol. The fraction of sp³-hybridized carbons (Fsp3) is 0.250. The summed E-state index contributed by atoms with van der Waals surface area (Å²) < 4.78 is 14.1. The van der Waals surface area contributed by atoms with E-state index in [1.165, 1.54) is 6.07 Å². The first kappa shape index (κ1) is 13.2. The van der Waals surface area contributed by atoms with Gasteiger partial charge in [0.25, 0.3) is 0 Å². The second-order valence-electron chi connectivity index (χ2n) is 3.54. The Kier molecular flexibility index (Phi) is 4.33. The van der Waals surface area contributed by atoms with Crippen molar-refractivity contribution in [3.05, 3.63) is 38.4 Å². The third kappa shape index (κ3) is 2.77. The van der Waals surface area contributed by atoms with Crippen molar-refractivity contribution in [2.45, 2.75) is 18.7 Å². The van der Waals surface area contributed by atoms with Gasteiger partial charge in [-0.05, 0) is 40.0 Å². The van der Waals surface area contributed by atoms with Crippen LogP contribution in [-0.2, 0) is 11.8 Å². The van der Waals surface area contributed by atoms with Crippen molar-refractivity contribution in [2.24, 2.45) is 0 Å². The van der Waals surface area contributed by atoms with E-state index in [0.717, 1.165) is 32.7 Å². The van der Waals surface area contributed by atoms with E-state index < -0.39 is 0 Å². The van der Waals surface area contributed by atoms with Crippen molar-refractivity contribution in [1.29, 1.82) is 0 Å². The Morgan fingerprint density at radius 3 is 2.76 bits per heavy atom. The van der Waals surface area contributed by atoms with Gasteiger partial charge in [-0.15, -0.1) is 11.3 Å². The second-order valence-corrected chi connectivity index (χ2v) is 5.89. The third-order valence-electron chi connectivity index (χ3n) is 2.39. The van der Waals surface area contributed by atoms with Gasteiger partial charge in [0.15, 0.2) is 0 Å². The van der Waals surface area contributed by atoms with Gasteiger partial charge in [0.05, 0.1) is 10.7 Å². The van der Waals surface area contributed by atoms with E-state index in [1.807, 2.05) is 5.38 Å². The lowest BCUT2D eigenvalue weighted by atomic mass is 10.1. The zero-order valence-electron chi connectivity index (χ0n) is 9.14. The van der Waals surface area contributed by atoms with Crippen molar-refractivity contribution in [2.75, 3.05) is 0 Å². The van der Waals surface area contributed by atoms with Gasteiger partial charge in [-0.1, -0.05) is 22.9 Å². The highest BCUT2D eigenvalue weighted by atomic mass is 79.9. The first-order valence-electron chi connectivity index (χ1n) is 5.14. The molecule has 1 aromatic heterocycles. The molecule has 0 unspecified atom stereocenters. The van der Waals surface area contributed by atoms with Gasteiger partial charge in [-0.25, -0.2) is 9.37 Å². The van der Waals surface area contributed by atoms with Crippen molar-refractivity contribution < 1.29 is 4.39 Å². The quantitative estimate of drug-likeness (QED) is 0.671. The summed E-state index contributed by atoms with van der Waals surface area (Å²) in [4.78, 5) is 4.54. The van der Waals surface area contributed by atoms with E-state index in [2.05, 4.69) is 43.8 Å². The highest BCUT2D eigenvalue weighted by molar-refractivity contribution is 9.10. The summed E-state index contributed by atoms with van der Waals surface area (Å²) in [5.41, 5.74) is 2.79. The number of hydrogen-bond acceptors (Lipinski definition) is 2. The highest BCUT2D eigenvalue weighted by Gasteiger charge is 2.13. The van der Waals surface area contributed by atoms with Crippen LogP contribution in [-0.4, -0.2) is 4.98 Å². The van der Waals surface area contributed by atoms with E-state index >= 15 is 0 Å². The number of benzene rings is 1. The zero-order chi connectivity index (χ0) is 12.4. The fourth-order valence-corrected chi connectivity index (χ4v) is 3.46. The molecule has 0 saturated heterocycles. The van der Waals surface area contributed by atoms with E-state index in [0.29, 0.717) is 5.33 Å². The monoisotopic (exact) mass is 377 g/mol. The maximum absolute atomic E-state index is 13.3. The summed E-state index contributed by atoms with van der Waals surface area (Å²) in [6.07, 6.45) is 0.924. The molecule has 5 heteroatoms. The molecule has 0 aliphatic heterocycles. The molecule has 0 N–H and O–H groups in total. The summed E-state index contributed by atoms with van der Waals surface area (Å²) in [7, 11) is 0. The molecule has 2 rings (SSSR count). The molecule has 2 aromatic rings. The highest BCUT2D eigenvalue weighted by Crippen LogP contribution is 2.34. The lowest BCUT2D eigenvalue weighted by Gasteiger charge is -2.07. The number of alkyl halides is 1. The van der Waals surface area contributed by atoms with Crippen LogP contribution in [0.4, 0.5) is 4.39 Å². The standard InChI is InChI=1S/C12H10Br2FNS/c1-2-11-16-10(6-17-11)12-7(5-13)3-8(15)4-9(12)14/h3-4,6H,2,5H2,1H3. The van der Waals surface area contributed by atoms with Crippen LogP contribution in [0.3, 0.4) is 0 Å². The summed E-state index contributed by atoms with van der Waals surface area (Å²) in [6.45, 7) is 2.08. The van der Waals surface area contributed by atoms with Gasteiger partial charge in [-0.3, -0.25) is 0 Å². The van der Waals surface area contributed by atoms with Gasteiger partial charge in [0.2, 0.25) is 0 Å². The number of nitrogens with zero attached hydrogens (tertiary/aromatic N) is 1. The average Bonchev–Trinajstić information content (AvgIpc) is 2.76. The minimum atomic E-state index is -0.235. The number of hydrogen-bond donors (Lipinski definition) is 0. The molecule has 1 heterocycles. The zero-order valence-corrected chi connectivity index (χ0v) is 13.1. The van der Waals surface area contributed by atoms with Gasteiger partial charge >= 0.3 is 0 Å².